The lowest BCUT2D eigenvalue weighted by atomic mass is 9.62. The van der Waals surface area contributed by atoms with Crippen LogP contribution in [0.5, 0.6) is 0 Å². The maximum atomic E-state index is 3.15. The van der Waals surface area contributed by atoms with E-state index in [4.69, 9.17) is 0 Å². The van der Waals surface area contributed by atoms with E-state index in [2.05, 4.69) is 215 Å². The van der Waals surface area contributed by atoms with Crippen LogP contribution in [0.2, 0.25) is 37.3 Å². The average Bonchev–Trinajstić information content (AvgIpc) is 1.93. The lowest BCUT2D eigenvalue weighted by Crippen LogP contribution is -2.65. The fourth-order valence-corrected chi connectivity index (χ4v) is 33.3. The molecule has 0 aromatic heterocycles. The van der Waals surface area contributed by atoms with E-state index in [1.54, 1.807) is 66.8 Å². The highest BCUT2D eigenvalue weighted by Gasteiger charge is 2.58. The molecule has 446 valence electrons. The topological polar surface area (TPSA) is 6.48 Å². The van der Waals surface area contributed by atoms with E-state index >= 15 is 0 Å². The zero-order valence-corrected chi connectivity index (χ0v) is 58.7. The molecule has 7 unspecified atom stereocenters. The van der Waals surface area contributed by atoms with Gasteiger partial charge in [0.05, 0.1) is 0 Å². The summed E-state index contributed by atoms with van der Waals surface area (Å²) in [4.78, 5) is 0. The standard InChI is InChI=1S/C39H61NSi.C38H59NSi/c1-25-20-26-21-29-30-23-33-34(38(7,8)19-18-37(33,5)6)24-32(30)39(9,10)31(29)22-28(26)35(25)41(11,12)40(36(2,3)4)27-16-14-13-15-17-27;1-35(2,3)39(26-15-13-12-14-16-26)40(10,11)34-18-17-25-21-28-29-23-32-33(37(6,7)20-19-36(32,4)5)24-31(29)38(8,9)30(28)22-27(25)34/h21-28,35H,13-20H2,1-12H3;21-27,34H,12-20H2,1-11H3. The molecule has 4 saturated carbocycles. The van der Waals surface area contributed by atoms with E-state index in [1.807, 2.05) is 0 Å². The third kappa shape index (κ3) is 9.86. The zero-order chi connectivity index (χ0) is 59.0. The van der Waals surface area contributed by atoms with Crippen LogP contribution in [0.3, 0.4) is 0 Å². The molecule has 7 atom stereocenters. The Hall–Kier alpha value is -2.25. The smallest absolute Gasteiger partial charge is 0.127 e. The fourth-order valence-electron chi connectivity index (χ4n) is 21.8. The third-order valence-electron chi connectivity index (χ3n) is 25.5. The Morgan fingerprint density at radius 2 is 0.790 bits per heavy atom. The summed E-state index contributed by atoms with van der Waals surface area (Å²) in [5.74, 6) is 3.60. The summed E-state index contributed by atoms with van der Waals surface area (Å²) in [7, 11) is -3.46. The lowest BCUT2D eigenvalue weighted by molar-refractivity contribution is 0.138. The maximum absolute atomic E-state index is 3.15. The number of rotatable bonds is 6. The Kier molecular flexibility index (Phi) is 14.8. The van der Waals surface area contributed by atoms with Crippen LogP contribution in [-0.4, -0.2) is 48.8 Å². The molecule has 10 aliphatic carbocycles. The molecule has 0 aliphatic heterocycles. The van der Waals surface area contributed by atoms with Crippen molar-refractivity contribution in [2.75, 3.05) is 0 Å². The highest BCUT2D eigenvalue weighted by Crippen LogP contribution is 2.64. The second kappa shape index (κ2) is 19.9. The van der Waals surface area contributed by atoms with Crippen molar-refractivity contribution in [2.45, 2.75) is 334 Å². The van der Waals surface area contributed by atoms with Crippen LogP contribution in [0.1, 0.15) is 285 Å². The summed E-state index contributed by atoms with van der Waals surface area (Å²) in [6, 6.07) is 12.2. The first-order valence-electron chi connectivity index (χ1n) is 34.2. The van der Waals surface area contributed by atoms with Crippen molar-refractivity contribution in [1.82, 2.24) is 9.13 Å². The van der Waals surface area contributed by atoms with Crippen LogP contribution in [0.15, 0.2) is 59.7 Å². The highest BCUT2D eigenvalue weighted by molar-refractivity contribution is 6.77. The molecule has 0 saturated heterocycles. The number of hydrogen-bond donors (Lipinski definition) is 0. The lowest BCUT2D eigenvalue weighted by Gasteiger charge is -2.56. The Labute approximate surface area is 501 Å². The summed E-state index contributed by atoms with van der Waals surface area (Å²) in [5.41, 5.74) is 22.6. The molecule has 0 heterocycles. The predicted octanol–water partition coefficient (Wildman–Crippen LogP) is 21.6. The summed E-state index contributed by atoms with van der Waals surface area (Å²) in [6.07, 6.45) is 34.8. The minimum Gasteiger partial charge on any atom is -0.316 e. The van der Waals surface area contributed by atoms with Gasteiger partial charge in [-0.2, -0.15) is 0 Å². The highest BCUT2D eigenvalue weighted by atomic mass is 28.3. The number of nitrogens with zero attached hydrogens (tertiary/aromatic N) is 2. The molecule has 81 heavy (non-hydrogen) atoms. The zero-order valence-electron chi connectivity index (χ0n) is 56.7. The van der Waals surface area contributed by atoms with Crippen molar-refractivity contribution in [3.63, 3.8) is 0 Å². The molecule has 0 amide bonds. The first-order chi connectivity index (χ1) is 37.3. The molecule has 0 bridgehead atoms. The van der Waals surface area contributed by atoms with E-state index in [0.29, 0.717) is 23.7 Å². The van der Waals surface area contributed by atoms with Gasteiger partial charge in [0.15, 0.2) is 0 Å². The van der Waals surface area contributed by atoms with Gasteiger partial charge < -0.3 is 9.13 Å². The maximum Gasteiger partial charge on any atom is 0.127 e. The monoisotopic (exact) mass is 1130 g/mol. The van der Waals surface area contributed by atoms with Crippen LogP contribution in [0, 0.1) is 29.6 Å². The molecular formula is C77H120N2Si2. The van der Waals surface area contributed by atoms with Crippen molar-refractivity contribution >= 4 is 27.6 Å². The molecule has 4 heteroatoms. The van der Waals surface area contributed by atoms with E-state index < -0.39 is 16.5 Å². The molecule has 0 radical (unpaired) electrons. The van der Waals surface area contributed by atoms with Crippen molar-refractivity contribution < 1.29 is 0 Å². The Morgan fingerprint density at radius 3 is 1.20 bits per heavy atom. The molecule has 12 rings (SSSR count). The number of hydrogen-bond acceptors (Lipinski definition) is 2. The molecule has 4 fully saturated rings. The molecular weight excluding hydrogens is 1010 g/mol. The molecule has 2 nitrogen and oxygen atoms in total. The second-order valence-corrected chi connectivity index (χ2v) is 45.4. The summed E-state index contributed by atoms with van der Waals surface area (Å²) < 4.78 is 6.28. The van der Waals surface area contributed by atoms with Gasteiger partial charge in [0.25, 0.3) is 0 Å². The van der Waals surface area contributed by atoms with Crippen LogP contribution in [0.4, 0.5) is 0 Å². The predicted molar refractivity (Wildman–Crippen MR) is 358 cm³/mol. The molecule has 2 aromatic rings. The van der Waals surface area contributed by atoms with Crippen LogP contribution >= 0.6 is 0 Å². The number of allylic oxidation sites excluding steroid dienone is 8. The number of fused-ring (bicyclic) bond motifs is 10. The average molecular weight is 1130 g/mol. The molecule has 2 aromatic carbocycles. The van der Waals surface area contributed by atoms with Gasteiger partial charge in [0.1, 0.15) is 16.5 Å². The van der Waals surface area contributed by atoms with Gasteiger partial charge >= 0.3 is 0 Å². The van der Waals surface area contributed by atoms with Gasteiger partial charge in [-0.15, -0.1) is 0 Å². The molecule has 10 aliphatic rings. The summed E-state index contributed by atoms with van der Waals surface area (Å²) in [6.45, 7) is 58.8. The number of benzene rings is 2. The second-order valence-electron chi connectivity index (χ2n) is 36.4. The molecule has 0 spiro atoms. The quantitative estimate of drug-likeness (QED) is 0.266. The van der Waals surface area contributed by atoms with Crippen LogP contribution in [0.25, 0.3) is 11.1 Å². The van der Waals surface area contributed by atoms with Crippen molar-refractivity contribution in [3.05, 3.63) is 104 Å². The van der Waals surface area contributed by atoms with Crippen molar-refractivity contribution in [3.8, 4) is 0 Å². The molecule has 0 N–H and O–H groups in total. The van der Waals surface area contributed by atoms with Gasteiger partial charge in [0, 0.05) is 34.0 Å². The van der Waals surface area contributed by atoms with Crippen molar-refractivity contribution in [1.29, 1.82) is 0 Å². The SMILES string of the molecule is CC1(C)CCC(C)(C)c2cc3c(cc21)C1=CC2CCC([Si](C)(C)N(C4CCCCC4)C(C)(C)C)C2C=C1C3(C)C.CC1CC2C=C3C(=CC2C1[Si](C)(C)N(C1CCCCC1)C(C)(C)C)C(C)(C)c1cc2c(cc13)C(C)(C)CCC2(C)C. The fraction of sp³-hybridized carbons (Fsp3) is 0.740. The van der Waals surface area contributed by atoms with Gasteiger partial charge in [-0.3, -0.25) is 0 Å². The largest absolute Gasteiger partial charge is 0.316 e. The first-order valence-corrected chi connectivity index (χ1v) is 40.3. The van der Waals surface area contributed by atoms with Gasteiger partial charge in [-0.1, -0.05) is 210 Å². The Morgan fingerprint density at radius 1 is 0.420 bits per heavy atom. The van der Waals surface area contributed by atoms with Crippen LogP contribution in [-0.2, 0) is 32.5 Å². The third-order valence-corrected chi connectivity index (χ3v) is 35.2. The van der Waals surface area contributed by atoms with Crippen molar-refractivity contribution in [2.24, 2.45) is 29.6 Å². The normalized spacial score (nSPS) is 31.4. The van der Waals surface area contributed by atoms with E-state index in [1.165, 1.54) is 109 Å². The summed E-state index contributed by atoms with van der Waals surface area (Å²) in [5, 5.41) is 0. The minimum atomic E-state index is -1.76. The van der Waals surface area contributed by atoms with E-state index in [0.717, 1.165) is 29.1 Å². The Balaban J connectivity index is 0.000000170. The summed E-state index contributed by atoms with van der Waals surface area (Å²) >= 11 is 0. The first kappa shape index (κ1) is 60.4. The van der Waals surface area contributed by atoms with E-state index in [-0.39, 0.29) is 43.6 Å². The van der Waals surface area contributed by atoms with Crippen LogP contribution < -0.4 is 0 Å². The van der Waals surface area contributed by atoms with Gasteiger partial charge in [-0.05, 0) is 235 Å². The van der Waals surface area contributed by atoms with Gasteiger partial charge in [-0.25, -0.2) is 0 Å². The van der Waals surface area contributed by atoms with Gasteiger partial charge in [0.2, 0.25) is 0 Å². The minimum absolute atomic E-state index is 0.0774. The Bertz CT molecular complexity index is 2910. The van der Waals surface area contributed by atoms with E-state index in [9.17, 15) is 0 Å².